The molecule has 0 saturated heterocycles. The fourth-order valence-electron chi connectivity index (χ4n) is 1.74. The SMILES string of the molecule is Cc1cc(N)cc(Nc2c(F)c(F)c(F)c(F)c2F)c1. The Balaban J connectivity index is 2.54. The second-order valence-electron chi connectivity index (χ2n) is 4.20. The average Bonchev–Trinajstić information content (AvgIpc) is 2.38. The predicted molar refractivity (Wildman–Crippen MR) is 65.1 cm³/mol. The lowest BCUT2D eigenvalue weighted by molar-refractivity contribution is 0.382. The molecule has 3 N–H and O–H groups in total. The fraction of sp³-hybridized carbons (Fsp3) is 0.0769. The molecule has 0 bridgehead atoms. The summed E-state index contributed by atoms with van der Waals surface area (Å²) in [5.74, 6) is -10.1. The van der Waals surface area contributed by atoms with Crippen LogP contribution in [0.15, 0.2) is 18.2 Å². The minimum Gasteiger partial charge on any atom is -0.399 e. The van der Waals surface area contributed by atoms with Gasteiger partial charge in [-0.05, 0) is 30.7 Å². The molecule has 0 aliphatic heterocycles. The molecule has 0 unspecified atom stereocenters. The van der Waals surface area contributed by atoms with E-state index in [-0.39, 0.29) is 11.4 Å². The molecule has 0 radical (unpaired) electrons. The Bertz CT molecular complexity index is 636. The van der Waals surface area contributed by atoms with Gasteiger partial charge < -0.3 is 11.1 Å². The van der Waals surface area contributed by atoms with Crippen LogP contribution in [-0.4, -0.2) is 0 Å². The highest BCUT2D eigenvalue weighted by Crippen LogP contribution is 2.30. The molecule has 106 valence electrons. The summed E-state index contributed by atoms with van der Waals surface area (Å²) in [5.41, 5.74) is 5.49. The summed E-state index contributed by atoms with van der Waals surface area (Å²) in [6, 6.07) is 4.35. The molecule has 0 atom stereocenters. The van der Waals surface area contributed by atoms with Gasteiger partial charge in [0.15, 0.2) is 23.3 Å². The number of anilines is 3. The minimum atomic E-state index is -2.20. The van der Waals surface area contributed by atoms with Gasteiger partial charge in [-0.25, -0.2) is 22.0 Å². The maximum Gasteiger partial charge on any atom is 0.200 e. The lowest BCUT2D eigenvalue weighted by Crippen LogP contribution is -2.07. The summed E-state index contributed by atoms with van der Waals surface area (Å²) < 4.78 is 65.9. The normalized spacial score (nSPS) is 10.7. The largest absolute Gasteiger partial charge is 0.399 e. The van der Waals surface area contributed by atoms with Gasteiger partial charge in [0.1, 0.15) is 5.69 Å². The molecule has 2 rings (SSSR count). The molecule has 0 aromatic heterocycles. The van der Waals surface area contributed by atoms with Gasteiger partial charge in [0, 0.05) is 11.4 Å². The molecule has 0 amide bonds. The third-order valence-corrected chi connectivity index (χ3v) is 2.58. The second kappa shape index (κ2) is 4.99. The Morgan fingerprint density at radius 1 is 0.800 bits per heavy atom. The minimum absolute atomic E-state index is 0.116. The van der Waals surface area contributed by atoms with Crippen LogP contribution in [0.4, 0.5) is 39.0 Å². The molecule has 2 aromatic rings. The van der Waals surface area contributed by atoms with Gasteiger partial charge in [0.25, 0.3) is 0 Å². The first-order chi connectivity index (χ1) is 9.31. The van der Waals surface area contributed by atoms with Crippen LogP contribution in [0.25, 0.3) is 0 Å². The molecule has 2 nitrogen and oxygen atoms in total. The Morgan fingerprint density at radius 3 is 1.80 bits per heavy atom. The van der Waals surface area contributed by atoms with Gasteiger partial charge in [-0.1, -0.05) is 0 Å². The monoisotopic (exact) mass is 288 g/mol. The number of halogens is 5. The number of nitrogens with one attached hydrogen (secondary N) is 1. The van der Waals surface area contributed by atoms with Crippen molar-refractivity contribution in [2.75, 3.05) is 11.1 Å². The molecule has 0 aliphatic rings. The molecule has 7 heteroatoms. The fourth-order valence-corrected chi connectivity index (χ4v) is 1.74. The Labute approximate surface area is 111 Å². The summed E-state index contributed by atoms with van der Waals surface area (Å²) in [6.45, 7) is 1.67. The highest BCUT2D eigenvalue weighted by Gasteiger charge is 2.25. The van der Waals surface area contributed by atoms with Crippen LogP contribution >= 0.6 is 0 Å². The molecular weight excluding hydrogens is 279 g/mol. The van der Waals surface area contributed by atoms with Crippen LogP contribution in [0.3, 0.4) is 0 Å². The van der Waals surface area contributed by atoms with E-state index in [1.165, 1.54) is 12.1 Å². The van der Waals surface area contributed by atoms with Crippen LogP contribution in [0, 0.1) is 36.0 Å². The van der Waals surface area contributed by atoms with E-state index in [2.05, 4.69) is 5.32 Å². The maximum absolute atomic E-state index is 13.5. The van der Waals surface area contributed by atoms with Crippen molar-refractivity contribution in [2.24, 2.45) is 0 Å². The van der Waals surface area contributed by atoms with Crippen molar-refractivity contribution in [3.8, 4) is 0 Å². The van der Waals surface area contributed by atoms with Crippen molar-refractivity contribution >= 4 is 17.1 Å². The third kappa shape index (κ3) is 2.38. The highest BCUT2D eigenvalue weighted by molar-refractivity contribution is 5.65. The van der Waals surface area contributed by atoms with Gasteiger partial charge >= 0.3 is 0 Å². The lowest BCUT2D eigenvalue weighted by atomic mass is 10.2. The second-order valence-corrected chi connectivity index (χ2v) is 4.20. The van der Waals surface area contributed by atoms with Crippen molar-refractivity contribution in [1.29, 1.82) is 0 Å². The zero-order valence-electron chi connectivity index (χ0n) is 10.2. The highest BCUT2D eigenvalue weighted by atomic mass is 19.2. The van der Waals surface area contributed by atoms with E-state index in [1.807, 2.05) is 0 Å². The maximum atomic E-state index is 13.5. The van der Waals surface area contributed by atoms with E-state index in [9.17, 15) is 22.0 Å². The van der Waals surface area contributed by atoms with Crippen molar-refractivity contribution in [2.45, 2.75) is 6.92 Å². The number of hydrogen-bond acceptors (Lipinski definition) is 2. The molecular formula is C13H9F5N2. The lowest BCUT2D eigenvalue weighted by Gasteiger charge is -2.12. The van der Waals surface area contributed by atoms with Crippen LogP contribution in [0.5, 0.6) is 0 Å². The molecule has 20 heavy (non-hydrogen) atoms. The van der Waals surface area contributed by atoms with E-state index < -0.39 is 34.8 Å². The first kappa shape index (κ1) is 14.1. The number of aryl methyl sites for hydroxylation is 1. The van der Waals surface area contributed by atoms with E-state index in [0.29, 0.717) is 5.56 Å². The van der Waals surface area contributed by atoms with E-state index in [0.717, 1.165) is 0 Å². The van der Waals surface area contributed by atoms with Crippen molar-refractivity contribution in [3.63, 3.8) is 0 Å². The first-order valence-corrected chi connectivity index (χ1v) is 5.47. The van der Waals surface area contributed by atoms with Gasteiger partial charge in [0.2, 0.25) is 5.82 Å². The van der Waals surface area contributed by atoms with Gasteiger partial charge in [-0.15, -0.1) is 0 Å². The Hall–Kier alpha value is -2.31. The number of benzene rings is 2. The van der Waals surface area contributed by atoms with Crippen LogP contribution in [0.1, 0.15) is 5.56 Å². The van der Waals surface area contributed by atoms with Crippen molar-refractivity contribution in [1.82, 2.24) is 0 Å². The first-order valence-electron chi connectivity index (χ1n) is 5.47. The summed E-state index contributed by atoms with van der Waals surface area (Å²) in [4.78, 5) is 0. The predicted octanol–water partition coefficient (Wildman–Crippen LogP) is 4.02. The van der Waals surface area contributed by atoms with Crippen molar-refractivity contribution < 1.29 is 22.0 Å². The zero-order valence-corrected chi connectivity index (χ0v) is 10.2. The summed E-state index contributed by atoms with van der Waals surface area (Å²) in [5, 5.41) is 2.15. The van der Waals surface area contributed by atoms with Crippen LogP contribution in [-0.2, 0) is 0 Å². The van der Waals surface area contributed by atoms with Crippen LogP contribution in [0.2, 0.25) is 0 Å². The number of rotatable bonds is 2. The zero-order chi connectivity index (χ0) is 15.0. The summed E-state index contributed by atoms with van der Waals surface area (Å²) in [6.07, 6.45) is 0. The van der Waals surface area contributed by atoms with E-state index in [4.69, 9.17) is 5.73 Å². The molecule has 0 spiro atoms. The molecule has 2 aromatic carbocycles. The summed E-state index contributed by atoms with van der Waals surface area (Å²) >= 11 is 0. The standard InChI is InChI=1S/C13H9F5N2/c1-5-2-6(19)4-7(3-5)20-13-11(17)9(15)8(14)10(16)12(13)18/h2-4,20H,19H2,1H3. The molecule has 0 aliphatic carbocycles. The average molecular weight is 288 g/mol. The number of nitrogens with two attached hydrogens (primary N) is 1. The van der Waals surface area contributed by atoms with E-state index >= 15 is 0 Å². The topological polar surface area (TPSA) is 38.0 Å². The molecule has 0 fully saturated rings. The smallest absolute Gasteiger partial charge is 0.200 e. The van der Waals surface area contributed by atoms with Gasteiger partial charge in [0.05, 0.1) is 0 Å². The quantitative estimate of drug-likeness (QED) is 0.379. The Kier molecular flexibility index (Phi) is 3.52. The van der Waals surface area contributed by atoms with Crippen molar-refractivity contribution in [3.05, 3.63) is 52.8 Å². The third-order valence-electron chi connectivity index (χ3n) is 2.58. The summed E-state index contributed by atoms with van der Waals surface area (Å²) in [7, 11) is 0. The molecule has 0 saturated carbocycles. The number of nitrogen functional groups attached to an aromatic ring is 1. The van der Waals surface area contributed by atoms with Crippen LogP contribution < -0.4 is 11.1 Å². The molecule has 0 heterocycles. The Morgan fingerprint density at radius 2 is 1.30 bits per heavy atom. The van der Waals surface area contributed by atoms with E-state index in [1.54, 1.807) is 13.0 Å². The number of hydrogen-bond donors (Lipinski definition) is 2. The van der Waals surface area contributed by atoms with Gasteiger partial charge in [-0.2, -0.15) is 0 Å². The van der Waals surface area contributed by atoms with Gasteiger partial charge in [-0.3, -0.25) is 0 Å².